The van der Waals surface area contributed by atoms with E-state index in [1.54, 1.807) is 0 Å². The maximum Gasteiger partial charge on any atom is 0.238 e. The fourth-order valence-corrected chi connectivity index (χ4v) is 6.00. The lowest BCUT2D eigenvalue weighted by atomic mass is 9.63. The number of hydrogen-bond acceptors (Lipinski definition) is 3. The van der Waals surface area contributed by atoms with E-state index in [0.717, 1.165) is 16.9 Å². The topological polar surface area (TPSA) is 46.6 Å². The van der Waals surface area contributed by atoms with E-state index in [1.165, 1.54) is 11.3 Å². The lowest BCUT2D eigenvalue weighted by Crippen LogP contribution is -2.40. The molecule has 0 unspecified atom stereocenters. The first-order valence-electron chi connectivity index (χ1n) is 10.4. The Morgan fingerprint density at radius 3 is 1.90 bits per heavy atom. The van der Waals surface area contributed by atoms with E-state index in [9.17, 15) is 9.59 Å². The number of anilines is 1. The van der Waals surface area contributed by atoms with Gasteiger partial charge in [0.05, 0.1) is 17.5 Å². The van der Waals surface area contributed by atoms with Crippen molar-refractivity contribution in [3.05, 3.63) is 65.7 Å². The van der Waals surface area contributed by atoms with Gasteiger partial charge in [-0.2, -0.15) is 0 Å². The van der Waals surface area contributed by atoms with Gasteiger partial charge in [-0.3, -0.25) is 14.5 Å². The Morgan fingerprint density at radius 2 is 1.34 bits per heavy atom. The van der Waals surface area contributed by atoms with Gasteiger partial charge in [-0.05, 0) is 91.5 Å². The van der Waals surface area contributed by atoms with Gasteiger partial charge in [-0.1, -0.05) is 18.2 Å². The summed E-state index contributed by atoms with van der Waals surface area (Å²) < 4.78 is 5.97. The molecule has 146 valence electrons. The Balaban J connectivity index is 1.26. The van der Waals surface area contributed by atoms with Crippen LogP contribution in [0, 0.1) is 49.4 Å². The number of allylic oxidation sites excluding steroid dienone is 2. The molecule has 29 heavy (non-hydrogen) atoms. The van der Waals surface area contributed by atoms with Gasteiger partial charge >= 0.3 is 0 Å². The van der Waals surface area contributed by atoms with Crippen LogP contribution in [0.1, 0.15) is 17.5 Å². The zero-order valence-corrected chi connectivity index (χ0v) is 16.5. The molecule has 2 aromatic rings. The highest BCUT2D eigenvalue weighted by molar-refractivity contribution is 6.22. The summed E-state index contributed by atoms with van der Waals surface area (Å²) in [6.07, 6.45) is 5.59. The van der Waals surface area contributed by atoms with Crippen molar-refractivity contribution in [3.63, 3.8) is 0 Å². The van der Waals surface area contributed by atoms with E-state index in [2.05, 4.69) is 18.2 Å². The zero-order chi connectivity index (χ0) is 19.9. The molecule has 2 saturated carbocycles. The van der Waals surface area contributed by atoms with Crippen LogP contribution in [0.25, 0.3) is 0 Å². The highest BCUT2D eigenvalue weighted by Gasteiger charge is 2.67. The Morgan fingerprint density at radius 1 is 0.793 bits per heavy atom. The van der Waals surface area contributed by atoms with Crippen molar-refractivity contribution in [1.29, 1.82) is 0 Å². The second-order valence-electron chi connectivity index (χ2n) is 9.09. The van der Waals surface area contributed by atoms with Crippen LogP contribution in [0.15, 0.2) is 54.6 Å². The number of imide groups is 1. The first-order valence-corrected chi connectivity index (χ1v) is 10.4. The summed E-state index contributed by atoms with van der Waals surface area (Å²) in [6.45, 7) is 4.08. The van der Waals surface area contributed by atoms with Gasteiger partial charge < -0.3 is 4.74 Å². The summed E-state index contributed by atoms with van der Waals surface area (Å²) in [5.74, 6) is 2.87. The van der Waals surface area contributed by atoms with E-state index >= 15 is 0 Å². The number of rotatable bonds is 3. The molecule has 4 heteroatoms. The molecule has 2 aromatic carbocycles. The second kappa shape index (κ2) is 5.82. The van der Waals surface area contributed by atoms with Crippen LogP contribution < -0.4 is 9.64 Å². The van der Waals surface area contributed by atoms with Gasteiger partial charge in [0.15, 0.2) is 0 Å². The molecule has 0 radical (unpaired) electrons. The third kappa shape index (κ3) is 2.44. The third-order valence-electron chi connectivity index (χ3n) is 7.19. The van der Waals surface area contributed by atoms with Gasteiger partial charge in [0.25, 0.3) is 0 Å². The fraction of sp³-hybridized carbons (Fsp3) is 0.360. The van der Waals surface area contributed by atoms with Crippen LogP contribution in [0.2, 0.25) is 0 Å². The van der Waals surface area contributed by atoms with Crippen LogP contribution >= 0.6 is 0 Å². The van der Waals surface area contributed by atoms with Gasteiger partial charge in [0, 0.05) is 0 Å². The molecule has 3 fully saturated rings. The molecule has 1 aliphatic heterocycles. The molecule has 4 aliphatic carbocycles. The molecule has 7 rings (SSSR count). The number of aryl methyl sites for hydroxylation is 2. The van der Waals surface area contributed by atoms with Crippen molar-refractivity contribution in [3.8, 4) is 11.5 Å². The number of hydrogen-bond donors (Lipinski definition) is 0. The molecule has 1 heterocycles. The molecule has 6 atom stereocenters. The van der Waals surface area contributed by atoms with Crippen LogP contribution in [0.3, 0.4) is 0 Å². The zero-order valence-electron chi connectivity index (χ0n) is 16.5. The summed E-state index contributed by atoms with van der Waals surface area (Å²) in [4.78, 5) is 27.8. The number of amides is 2. The number of carbonyl (C=O) groups is 2. The lowest BCUT2D eigenvalue weighted by molar-refractivity contribution is -0.124. The first-order chi connectivity index (χ1) is 14.0. The van der Waals surface area contributed by atoms with Crippen LogP contribution in [0.4, 0.5) is 5.69 Å². The largest absolute Gasteiger partial charge is 0.457 e. The molecule has 2 amide bonds. The monoisotopic (exact) mass is 385 g/mol. The minimum Gasteiger partial charge on any atom is -0.457 e. The fourth-order valence-electron chi connectivity index (χ4n) is 6.00. The molecule has 0 spiro atoms. The van der Waals surface area contributed by atoms with E-state index in [0.29, 0.717) is 23.3 Å². The summed E-state index contributed by atoms with van der Waals surface area (Å²) in [7, 11) is 0. The van der Waals surface area contributed by atoms with E-state index in [4.69, 9.17) is 4.74 Å². The van der Waals surface area contributed by atoms with Gasteiger partial charge in [0.2, 0.25) is 11.8 Å². The smallest absolute Gasteiger partial charge is 0.238 e. The Hall–Kier alpha value is -2.88. The highest BCUT2D eigenvalue weighted by atomic mass is 16.5. The molecular formula is C25H23NO3. The maximum absolute atomic E-state index is 13.2. The summed E-state index contributed by atoms with van der Waals surface area (Å²) in [5, 5.41) is 0. The molecular weight excluding hydrogens is 362 g/mol. The Bertz CT molecular complexity index is 1010. The van der Waals surface area contributed by atoms with Crippen molar-refractivity contribution >= 4 is 17.5 Å². The van der Waals surface area contributed by atoms with E-state index in [1.807, 2.05) is 50.2 Å². The number of ether oxygens (including phenoxy) is 1. The quantitative estimate of drug-likeness (QED) is 0.571. The SMILES string of the molecule is Cc1cc(C)cc(Oc2ccc(N3C(=O)[C@H]4[C@@H]5C=C[C@H]([C@@H]6C[C@H]56)[C@@H]4C3=O)cc2)c1. The van der Waals surface area contributed by atoms with Gasteiger partial charge in [-0.15, -0.1) is 0 Å². The van der Waals surface area contributed by atoms with Crippen molar-refractivity contribution in [1.82, 2.24) is 0 Å². The average Bonchev–Trinajstić information content (AvgIpc) is 3.46. The number of benzene rings is 2. The third-order valence-corrected chi connectivity index (χ3v) is 7.19. The van der Waals surface area contributed by atoms with E-state index < -0.39 is 0 Å². The Labute approximate surface area is 170 Å². The molecule has 4 nitrogen and oxygen atoms in total. The predicted octanol–water partition coefficient (Wildman–Crippen LogP) is 4.65. The molecule has 5 aliphatic rings. The first kappa shape index (κ1) is 17.0. The number of nitrogens with zero attached hydrogens (tertiary/aromatic N) is 1. The van der Waals surface area contributed by atoms with Crippen LogP contribution in [-0.2, 0) is 9.59 Å². The predicted molar refractivity (Wildman–Crippen MR) is 110 cm³/mol. The molecule has 2 bridgehead atoms. The summed E-state index contributed by atoms with van der Waals surface area (Å²) >= 11 is 0. The van der Waals surface area contributed by atoms with E-state index in [-0.39, 0.29) is 35.5 Å². The number of carbonyl (C=O) groups excluding carboxylic acids is 2. The summed E-state index contributed by atoms with van der Waals surface area (Å²) in [6, 6.07) is 13.4. The van der Waals surface area contributed by atoms with Crippen molar-refractivity contribution in [2.75, 3.05) is 4.90 Å². The van der Waals surface area contributed by atoms with Crippen molar-refractivity contribution in [2.24, 2.45) is 35.5 Å². The normalized spacial score (nSPS) is 33.7. The minimum atomic E-state index is -0.160. The molecule has 1 saturated heterocycles. The maximum atomic E-state index is 13.2. The van der Waals surface area contributed by atoms with Crippen LogP contribution in [0.5, 0.6) is 11.5 Å². The van der Waals surface area contributed by atoms with Crippen LogP contribution in [-0.4, -0.2) is 11.8 Å². The highest BCUT2D eigenvalue weighted by Crippen LogP contribution is 2.65. The second-order valence-corrected chi connectivity index (χ2v) is 9.09. The molecule has 0 aromatic heterocycles. The average molecular weight is 385 g/mol. The van der Waals surface area contributed by atoms with Crippen molar-refractivity contribution in [2.45, 2.75) is 20.3 Å². The standard InChI is InChI=1S/C25H23NO3/c1-13-9-14(2)11-17(10-13)29-16-5-3-15(4-6-16)26-24(27)22-18-7-8-19(21-12-20(18)21)23(22)25(26)28/h3-11,18-23H,12H2,1-2H3/t18-,19-,20-,21+,22+,23+/m1/s1. The summed E-state index contributed by atoms with van der Waals surface area (Å²) in [5.41, 5.74) is 2.94. The van der Waals surface area contributed by atoms with Gasteiger partial charge in [-0.25, -0.2) is 0 Å². The lowest BCUT2D eigenvalue weighted by Gasteiger charge is -2.37. The Kier molecular flexibility index (Phi) is 3.41. The molecule has 0 N–H and O–H groups in total. The minimum absolute atomic E-state index is 0.0207. The van der Waals surface area contributed by atoms with Crippen molar-refractivity contribution < 1.29 is 14.3 Å². The van der Waals surface area contributed by atoms with Gasteiger partial charge in [0.1, 0.15) is 11.5 Å².